The quantitative estimate of drug-likeness (QED) is 0.588. The number of benzene rings is 2. The number of hydrogen-bond acceptors (Lipinski definition) is 7. The molecule has 0 radical (unpaired) electrons. The number of rotatable bonds is 7. The highest BCUT2D eigenvalue weighted by Crippen LogP contribution is 2.28. The van der Waals surface area contributed by atoms with Crippen LogP contribution in [0.15, 0.2) is 42.5 Å². The second-order valence-corrected chi connectivity index (χ2v) is 5.30. The van der Waals surface area contributed by atoms with Crippen molar-refractivity contribution in [1.82, 2.24) is 0 Å². The number of carbonyl (C=O) groups excluding carboxylic acids is 3. The Kier molecular flexibility index (Phi) is 6.76. The third-order valence-electron chi connectivity index (χ3n) is 3.38. The van der Waals surface area contributed by atoms with E-state index in [1.165, 1.54) is 39.3 Å². The molecule has 27 heavy (non-hydrogen) atoms. The van der Waals surface area contributed by atoms with E-state index < -0.39 is 11.9 Å². The van der Waals surface area contributed by atoms with Gasteiger partial charge in [-0.25, -0.2) is 4.79 Å². The van der Waals surface area contributed by atoms with Gasteiger partial charge in [0, 0.05) is 18.2 Å². The molecule has 0 unspecified atom stereocenters. The Balaban J connectivity index is 2.04. The van der Waals surface area contributed by atoms with Crippen LogP contribution in [0.4, 0.5) is 5.69 Å². The molecule has 142 valence electrons. The molecule has 0 atom stereocenters. The van der Waals surface area contributed by atoms with Gasteiger partial charge in [0.1, 0.15) is 5.75 Å². The summed E-state index contributed by atoms with van der Waals surface area (Å²) in [4.78, 5) is 34.5. The largest absolute Gasteiger partial charge is 0.493 e. The van der Waals surface area contributed by atoms with Gasteiger partial charge >= 0.3 is 11.9 Å². The SMILES string of the molecule is COC(=O)COc1ccc(NC(=O)c2ccc(OC(C)=O)c(OC)c2)cc1. The van der Waals surface area contributed by atoms with Gasteiger partial charge < -0.3 is 24.3 Å². The second-order valence-electron chi connectivity index (χ2n) is 5.30. The minimum Gasteiger partial charge on any atom is -0.493 e. The maximum Gasteiger partial charge on any atom is 0.343 e. The van der Waals surface area contributed by atoms with Crippen molar-refractivity contribution in [3.8, 4) is 17.2 Å². The van der Waals surface area contributed by atoms with Crippen LogP contribution in [-0.2, 0) is 14.3 Å². The van der Waals surface area contributed by atoms with Crippen LogP contribution in [0.25, 0.3) is 0 Å². The highest BCUT2D eigenvalue weighted by Gasteiger charge is 2.13. The fraction of sp³-hybridized carbons (Fsp3) is 0.211. The van der Waals surface area contributed by atoms with Crippen LogP contribution in [0.5, 0.6) is 17.2 Å². The maximum atomic E-state index is 12.4. The van der Waals surface area contributed by atoms with Gasteiger partial charge in [0.25, 0.3) is 5.91 Å². The number of carbonyl (C=O) groups is 3. The van der Waals surface area contributed by atoms with Crippen molar-refractivity contribution >= 4 is 23.5 Å². The van der Waals surface area contributed by atoms with Gasteiger partial charge in [0.15, 0.2) is 18.1 Å². The summed E-state index contributed by atoms with van der Waals surface area (Å²) in [5.41, 5.74) is 0.863. The fourth-order valence-electron chi connectivity index (χ4n) is 2.09. The lowest BCUT2D eigenvalue weighted by molar-refractivity contribution is -0.143. The van der Waals surface area contributed by atoms with E-state index in [9.17, 15) is 14.4 Å². The molecule has 2 rings (SSSR count). The van der Waals surface area contributed by atoms with Gasteiger partial charge in [0.05, 0.1) is 14.2 Å². The Morgan fingerprint density at radius 2 is 1.67 bits per heavy atom. The summed E-state index contributed by atoms with van der Waals surface area (Å²) < 4.78 is 19.9. The predicted octanol–water partition coefficient (Wildman–Crippen LogP) is 2.42. The van der Waals surface area contributed by atoms with Crippen LogP contribution in [0.2, 0.25) is 0 Å². The van der Waals surface area contributed by atoms with E-state index in [-0.39, 0.29) is 24.0 Å². The average Bonchev–Trinajstić information content (AvgIpc) is 2.66. The molecule has 0 aliphatic rings. The van der Waals surface area contributed by atoms with Gasteiger partial charge in [0.2, 0.25) is 0 Å². The van der Waals surface area contributed by atoms with Crippen molar-refractivity contribution in [2.75, 3.05) is 26.1 Å². The third-order valence-corrected chi connectivity index (χ3v) is 3.38. The molecule has 1 N–H and O–H groups in total. The van der Waals surface area contributed by atoms with Gasteiger partial charge in [-0.15, -0.1) is 0 Å². The molecule has 0 aliphatic heterocycles. The number of anilines is 1. The van der Waals surface area contributed by atoms with Gasteiger partial charge in [-0.1, -0.05) is 0 Å². The highest BCUT2D eigenvalue weighted by molar-refractivity contribution is 6.04. The normalized spacial score (nSPS) is 9.89. The summed E-state index contributed by atoms with van der Waals surface area (Å²) in [7, 11) is 2.69. The summed E-state index contributed by atoms with van der Waals surface area (Å²) in [6.07, 6.45) is 0. The van der Waals surface area contributed by atoms with Crippen molar-refractivity contribution in [2.45, 2.75) is 6.92 Å². The van der Waals surface area contributed by atoms with E-state index in [0.717, 1.165) is 0 Å². The zero-order valence-electron chi connectivity index (χ0n) is 15.1. The zero-order chi connectivity index (χ0) is 19.8. The van der Waals surface area contributed by atoms with E-state index in [2.05, 4.69) is 10.1 Å². The van der Waals surface area contributed by atoms with Crippen molar-refractivity contribution in [1.29, 1.82) is 0 Å². The monoisotopic (exact) mass is 373 g/mol. The molecule has 0 saturated carbocycles. The van der Waals surface area contributed by atoms with Gasteiger partial charge in [-0.2, -0.15) is 0 Å². The molecule has 0 aliphatic carbocycles. The molecule has 0 heterocycles. The van der Waals surface area contributed by atoms with Crippen molar-refractivity contribution in [3.05, 3.63) is 48.0 Å². The van der Waals surface area contributed by atoms with Crippen LogP contribution >= 0.6 is 0 Å². The Hall–Kier alpha value is -3.55. The molecule has 0 fully saturated rings. The first-order valence-electron chi connectivity index (χ1n) is 7.90. The van der Waals surface area contributed by atoms with Crippen LogP contribution in [0.1, 0.15) is 17.3 Å². The fourth-order valence-corrected chi connectivity index (χ4v) is 2.09. The number of ether oxygens (including phenoxy) is 4. The number of hydrogen-bond donors (Lipinski definition) is 1. The number of amides is 1. The molecule has 0 aromatic heterocycles. The molecular formula is C19H19NO7. The molecule has 1 amide bonds. The summed E-state index contributed by atoms with van der Waals surface area (Å²) in [5.74, 6) is -0.381. The molecule has 2 aromatic rings. The maximum absolute atomic E-state index is 12.4. The Morgan fingerprint density at radius 3 is 2.26 bits per heavy atom. The van der Waals surface area contributed by atoms with Gasteiger partial charge in [-0.3, -0.25) is 9.59 Å². The molecule has 2 aromatic carbocycles. The summed E-state index contributed by atoms with van der Waals surface area (Å²) >= 11 is 0. The van der Waals surface area contributed by atoms with Crippen molar-refractivity contribution in [3.63, 3.8) is 0 Å². The van der Waals surface area contributed by atoms with E-state index in [1.54, 1.807) is 24.3 Å². The summed E-state index contributed by atoms with van der Waals surface area (Å²) in [6.45, 7) is 1.08. The molecule has 0 bridgehead atoms. The summed E-state index contributed by atoms with van der Waals surface area (Å²) in [6, 6.07) is 11.0. The van der Waals surface area contributed by atoms with Crippen LogP contribution in [0, 0.1) is 0 Å². The number of nitrogens with one attached hydrogen (secondary N) is 1. The number of esters is 2. The van der Waals surface area contributed by atoms with Crippen molar-refractivity contribution < 1.29 is 33.3 Å². The van der Waals surface area contributed by atoms with Crippen LogP contribution < -0.4 is 19.5 Å². The standard InChI is InChI=1S/C19H19NO7/c1-12(21)27-16-9-4-13(10-17(16)24-2)19(23)20-14-5-7-15(8-6-14)26-11-18(22)25-3/h4-10H,11H2,1-3H3,(H,20,23). The highest BCUT2D eigenvalue weighted by atomic mass is 16.6. The Morgan fingerprint density at radius 1 is 0.963 bits per heavy atom. The first-order chi connectivity index (χ1) is 12.9. The smallest absolute Gasteiger partial charge is 0.343 e. The first-order valence-corrected chi connectivity index (χ1v) is 7.90. The lowest BCUT2D eigenvalue weighted by Gasteiger charge is -2.11. The Bertz CT molecular complexity index is 830. The minimum atomic E-state index is -0.487. The van der Waals surface area contributed by atoms with Gasteiger partial charge in [-0.05, 0) is 42.5 Å². The lowest BCUT2D eigenvalue weighted by Crippen LogP contribution is -2.13. The van der Waals surface area contributed by atoms with Crippen LogP contribution in [-0.4, -0.2) is 38.7 Å². The van der Waals surface area contributed by atoms with Crippen molar-refractivity contribution in [2.24, 2.45) is 0 Å². The first kappa shape index (κ1) is 19.8. The summed E-state index contributed by atoms with van der Waals surface area (Å²) in [5, 5.41) is 2.72. The van der Waals surface area contributed by atoms with E-state index in [1.807, 2.05) is 0 Å². The Labute approximate surface area is 156 Å². The zero-order valence-corrected chi connectivity index (χ0v) is 15.1. The second kappa shape index (κ2) is 9.23. The van der Waals surface area contributed by atoms with E-state index in [0.29, 0.717) is 17.0 Å². The molecule has 8 heteroatoms. The molecule has 0 spiro atoms. The lowest BCUT2D eigenvalue weighted by atomic mass is 10.2. The molecule has 0 saturated heterocycles. The minimum absolute atomic E-state index is 0.198. The van der Waals surface area contributed by atoms with E-state index in [4.69, 9.17) is 14.2 Å². The van der Waals surface area contributed by atoms with E-state index >= 15 is 0 Å². The average molecular weight is 373 g/mol. The molecular weight excluding hydrogens is 354 g/mol. The third kappa shape index (κ3) is 5.74. The molecule has 8 nitrogen and oxygen atoms in total. The predicted molar refractivity (Wildman–Crippen MR) is 96.2 cm³/mol. The van der Waals surface area contributed by atoms with Crippen LogP contribution in [0.3, 0.4) is 0 Å². The number of methoxy groups -OCH3 is 2. The topological polar surface area (TPSA) is 100 Å².